The molecule has 0 unspecified atom stereocenters. The van der Waals surface area contributed by atoms with Gasteiger partial charge in [0.25, 0.3) is 5.91 Å². The predicted molar refractivity (Wildman–Crippen MR) is 95.8 cm³/mol. The average Bonchev–Trinajstić information content (AvgIpc) is 3.31. The van der Waals surface area contributed by atoms with E-state index in [-0.39, 0.29) is 17.7 Å². The molecule has 7 heteroatoms. The van der Waals surface area contributed by atoms with Crippen LogP contribution in [0.3, 0.4) is 0 Å². The van der Waals surface area contributed by atoms with E-state index in [9.17, 15) is 9.90 Å². The summed E-state index contributed by atoms with van der Waals surface area (Å²) in [7, 11) is 1.90. The van der Waals surface area contributed by atoms with Crippen LogP contribution < -0.4 is 5.32 Å². The monoisotopic (exact) mass is 354 g/mol. The summed E-state index contributed by atoms with van der Waals surface area (Å²) < 4.78 is 7.59. The van der Waals surface area contributed by atoms with Crippen LogP contribution in [0.25, 0.3) is 11.0 Å². The molecular weight excluding hydrogens is 332 g/mol. The van der Waals surface area contributed by atoms with Gasteiger partial charge in [0.15, 0.2) is 5.76 Å². The number of hydrogen-bond acceptors (Lipinski definition) is 5. The molecule has 1 aliphatic carbocycles. The van der Waals surface area contributed by atoms with Gasteiger partial charge in [0.05, 0.1) is 6.10 Å². The minimum atomic E-state index is -0.463. The van der Waals surface area contributed by atoms with Crippen LogP contribution >= 0.6 is 0 Å². The molecule has 0 spiro atoms. The number of para-hydroxylation sites is 1. The third-order valence-electron chi connectivity index (χ3n) is 5.26. The van der Waals surface area contributed by atoms with Gasteiger partial charge < -0.3 is 19.4 Å². The molecule has 1 amide bonds. The molecule has 1 aliphatic rings. The van der Waals surface area contributed by atoms with Crippen molar-refractivity contribution in [1.82, 2.24) is 20.1 Å². The molecule has 3 aromatic rings. The summed E-state index contributed by atoms with van der Waals surface area (Å²) in [6.07, 6.45) is 2.61. The van der Waals surface area contributed by atoms with Crippen molar-refractivity contribution >= 4 is 16.9 Å². The molecule has 0 aliphatic heterocycles. The molecule has 0 bridgehead atoms. The minimum Gasteiger partial charge on any atom is -0.451 e. The molecule has 2 aromatic heterocycles. The third-order valence-corrected chi connectivity index (χ3v) is 5.26. The Morgan fingerprint density at radius 1 is 1.42 bits per heavy atom. The first kappa shape index (κ1) is 16.8. The summed E-state index contributed by atoms with van der Waals surface area (Å²) >= 11 is 0. The summed E-state index contributed by atoms with van der Waals surface area (Å²) in [5, 5.41) is 22.2. The second kappa shape index (κ2) is 6.57. The molecule has 2 N–H and O–H groups in total. The van der Waals surface area contributed by atoms with E-state index in [1.54, 1.807) is 12.4 Å². The molecule has 0 saturated heterocycles. The van der Waals surface area contributed by atoms with Gasteiger partial charge in [-0.25, -0.2) is 0 Å². The van der Waals surface area contributed by atoms with Gasteiger partial charge in [-0.3, -0.25) is 4.79 Å². The molecule has 1 saturated carbocycles. The molecular formula is C19H22N4O3. The number of hydrogen-bond donors (Lipinski definition) is 2. The zero-order chi connectivity index (χ0) is 18.3. The maximum atomic E-state index is 12.4. The Hall–Kier alpha value is -2.67. The predicted octanol–water partition coefficient (Wildman–Crippen LogP) is 2.15. The van der Waals surface area contributed by atoms with Crippen LogP contribution in [-0.2, 0) is 7.05 Å². The Morgan fingerprint density at radius 3 is 3.00 bits per heavy atom. The van der Waals surface area contributed by atoms with Crippen LogP contribution in [0.2, 0.25) is 0 Å². The summed E-state index contributed by atoms with van der Waals surface area (Å²) in [6.45, 7) is 2.36. The number of aliphatic hydroxyl groups is 1. The number of carbonyl (C=O) groups is 1. The van der Waals surface area contributed by atoms with Crippen molar-refractivity contribution in [2.24, 2.45) is 13.0 Å². The topological polar surface area (TPSA) is 93.2 Å². The lowest BCUT2D eigenvalue weighted by molar-refractivity contribution is 0.0892. The highest BCUT2D eigenvalue weighted by atomic mass is 16.3. The lowest BCUT2D eigenvalue weighted by Crippen LogP contribution is -2.32. The first-order valence-electron chi connectivity index (χ1n) is 8.82. The fraction of sp³-hybridized carbons (Fsp3) is 0.421. The van der Waals surface area contributed by atoms with E-state index in [2.05, 4.69) is 15.5 Å². The fourth-order valence-electron chi connectivity index (χ4n) is 3.83. The Kier molecular flexibility index (Phi) is 4.24. The molecule has 26 heavy (non-hydrogen) atoms. The lowest BCUT2D eigenvalue weighted by atomic mass is 10.0. The van der Waals surface area contributed by atoms with Crippen molar-refractivity contribution in [3.05, 3.63) is 47.7 Å². The van der Waals surface area contributed by atoms with Crippen molar-refractivity contribution in [3.63, 3.8) is 0 Å². The maximum Gasteiger partial charge on any atom is 0.287 e. The van der Waals surface area contributed by atoms with Gasteiger partial charge in [0.2, 0.25) is 0 Å². The van der Waals surface area contributed by atoms with Crippen molar-refractivity contribution in [3.8, 4) is 0 Å². The van der Waals surface area contributed by atoms with Crippen molar-refractivity contribution in [2.45, 2.75) is 31.8 Å². The average molecular weight is 354 g/mol. The summed E-state index contributed by atoms with van der Waals surface area (Å²) in [5.41, 5.74) is 1.74. The fourth-order valence-corrected chi connectivity index (χ4v) is 3.83. The summed E-state index contributed by atoms with van der Waals surface area (Å²) in [5.74, 6) is 1.08. The number of fused-ring (bicyclic) bond motifs is 1. The first-order chi connectivity index (χ1) is 12.5. The molecule has 2 heterocycles. The van der Waals surface area contributed by atoms with E-state index in [0.29, 0.717) is 18.7 Å². The SMILES string of the molecule is Cc1cccc2cc(C(=O)NC[C@H]3C[C@H](c4nncn4C)C[C@H]3O)oc12. The number of benzene rings is 1. The second-order valence-corrected chi connectivity index (χ2v) is 7.11. The van der Waals surface area contributed by atoms with Gasteiger partial charge in [0, 0.05) is 30.8 Å². The Bertz CT molecular complexity index is 945. The molecule has 4 rings (SSSR count). The van der Waals surface area contributed by atoms with E-state index < -0.39 is 6.10 Å². The van der Waals surface area contributed by atoms with E-state index in [1.807, 2.05) is 36.7 Å². The third kappa shape index (κ3) is 2.99. The van der Waals surface area contributed by atoms with Gasteiger partial charge in [-0.1, -0.05) is 18.2 Å². The van der Waals surface area contributed by atoms with Crippen LogP contribution in [0.4, 0.5) is 0 Å². The minimum absolute atomic E-state index is 0.00763. The number of furan rings is 1. The van der Waals surface area contributed by atoms with Gasteiger partial charge >= 0.3 is 0 Å². The first-order valence-corrected chi connectivity index (χ1v) is 8.82. The molecule has 3 atom stereocenters. The number of nitrogens with one attached hydrogen (secondary N) is 1. The van der Waals surface area contributed by atoms with Crippen LogP contribution in [0.1, 0.15) is 40.7 Å². The van der Waals surface area contributed by atoms with Crippen LogP contribution in [0.15, 0.2) is 35.0 Å². The summed E-state index contributed by atoms with van der Waals surface area (Å²) in [4.78, 5) is 12.4. The van der Waals surface area contributed by atoms with E-state index in [4.69, 9.17) is 4.42 Å². The van der Waals surface area contributed by atoms with Gasteiger partial charge in [-0.15, -0.1) is 10.2 Å². The Balaban J connectivity index is 1.41. The number of amides is 1. The number of aryl methyl sites for hydroxylation is 2. The standard InChI is InChI=1S/C19H22N4O3/c1-11-4-3-5-12-8-16(26-17(11)12)19(25)20-9-14-6-13(7-15(14)24)18-22-21-10-23(18)2/h3-5,8,10,13-15,24H,6-7,9H2,1-2H3,(H,20,25)/t13-,14+,15+/m0/s1. The molecule has 1 aromatic carbocycles. The van der Waals surface area contributed by atoms with Gasteiger partial charge in [-0.05, 0) is 31.4 Å². The summed E-state index contributed by atoms with van der Waals surface area (Å²) in [6, 6.07) is 7.57. The Morgan fingerprint density at radius 2 is 2.27 bits per heavy atom. The highest BCUT2D eigenvalue weighted by Gasteiger charge is 2.36. The van der Waals surface area contributed by atoms with Crippen LogP contribution in [-0.4, -0.2) is 38.4 Å². The molecule has 0 radical (unpaired) electrons. The number of carbonyl (C=O) groups excluding carboxylic acids is 1. The lowest BCUT2D eigenvalue weighted by Gasteiger charge is -2.14. The quantitative estimate of drug-likeness (QED) is 0.749. The normalized spacial score (nSPS) is 22.8. The second-order valence-electron chi connectivity index (χ2n) is 7.11. The highest BCUT2D eigenvalue weighted by Crippen LogP contribution is 2.37. The number of rotatable bonds is 4. The smallest absolute Gasteiger partial charge is 0.287 e. The molecule has 1 fully saturated rings. The largest absolute Gasteiger partial charge is 0.451 e. The molecule has 7 nitrogen and oxygen atoms in total. The number of aromatic nitrogens is 3. The van der Waals surface area contributed by atoms with E-state index in [0.717, 1.165) is 28.8 Å². The van der Waals surface area contributed by atoms with Gasteiger partial charge in [-0.2, -0.15) is 0 Å². The van der Waals surface area contributed by atoms with Crippen LogP contribution in [0, 0.1) is 12.8 Å². The van der Waals surface area contributed by atoms with Crippen molar-refractivity contribution < 1.29 is 14.3 Å². The number of aliphatic hydroxyl groups excluding tert-OH is 1. The van der Waals surface area contributed by atoms with Gasteiger partial charge in [0.1, 0.15) is 17.7 Å². The Labute approximate surface area is 151 Å². The zero-order valence-corrected chi connectivity index (χ0v) is 14.8. The van der Waals surface area contributed by atoms with E-state index in [1.165, 1.54) is 0 Å². The van der Waals surface area contributed by atoms with Crippen molar-refractivity contribution in [1.29, 1.82) is 0 Å². The highest BCUT2D eigenvalue weighted by molar-refractivity contribution is 5.96. The maximum absolute atomic E-state index is 12.4. The van der Waals surface area contributed by atoms with Crippen LogP contribution in [0.5, 0.6) is 0 Å². The zero-order valence-electron chi connectivity index (χ0n) is 14.8. The molecule has 136 valence electrons. The van der Waals surface area contributed by atoms with Crippen molar-refractivity contribution in [2.75, 3.05) is 6.54 Å². The number of nitrogens with zero attached hydrogens (tertiary/aromatic N) is 3. The van der Waals surface area contributed by atoms with E-state index >= 15 is 0 Å².